The van der Waals surface area contributed by atoms with Crippen LogP contribution in [0.15, 0.2) is 36.8 Å². The van der Waals surface area contributed by atoms with Gasteiger partial charge in [-0.25, -0.2) is 4.68 Å². The van der Waals surface area contributed by atoms with Gasteiger partial charge >= 0.3 is 0 Å². The Labute approximate surface area is 123 Å². The SMILES string of the molecule is O=C(c1cc(-n2cccn2)ccn1)N1CCC(CO)CC1. The van der Waals surface area contributed by atoms with Crippen molar-refractivity contribution in [3.63, 3.8) is 0 Å². The van der Waals surface area contributed by atoms with Crippen LogP contribution in [0.1, 0.15) is 23.3 Å². The fourth-order valence-electron chi connectivity index (χ4n) is 2.58. The summed E-state index contributed by atoms with van der Waals surface area (Å²) in [5, 5.41) is 13.3. The van der Waals surface area contributed by atoms with Crippen LogP contribution in [0.25, 0.3) is 5.69 Å². The molecule has 0 unspecified atom stereocenters. The lowest BCUT2D eigenvalue weighted by molar-refractivity contribution is 0.0645. The van der Waals surface area contributed by atoms with Crippen LogP contribution in [0.2, 0.25) is 0 Å². The van der Waals surface area contributed by atoms with Gasteiger partial charge in [-0.2, -0.15) is 5.10 Å². The lowest BCUT2D eigenvalue weighted by atomic mass is 9.98. The van der Waals surface area contributed by atoms with Crippen molar-refractivity contribution in [1.82, 2.24) is 19.7 Å². The van der Waals surface area contributed by atoms with Gasteiger partial charge in [-0.1, -0.05) is 0 Å². The van der Waals surface area contributed by atoms with E-state index >= 15 is 0 Å². The van der Waals surface area contributed by atoms with Crippen molar-refractivity contribution in [2.75, 3.05) is 19.7 Å². The summed E-state index contributed by atoms with van der Waals surface area (Å²) in [6.07, 6.45) is 6.85. The standard InChI is InChI=1S/C15H18N4O2/c20-11-12-3-8-18(9-4-12)15(21)14-10-13(2-6-16-14)19-7-1-5-17-19/h1-2,5-7,10,12,20H,3-4,8-9,11H2. The van der Waals surface area contributed by atoms with E-state index in [2.05, 4.69) is 10.1 Å². The van der Waals surface area contributed by atoms with Crippen LogP contribution >= 0.6 is 0 Å². The molecule has 1 N–H and O–H groups in total. The summed E-state index contributed by atoms with van der Waals surface area (Å²) >= 11 is 0. The molecule has 21 heavy (non-hydrogen) atoms. The van der Waals surface area contributed by atoms with Crippen LogP contribution in [0.4, 0.5) is 0 Å². The van der Waals surface area contributed by atoms with E-state index < -0.39 is 0 Å². The Morgan fingerprint density at radius 1 is 1.33 bits per heavy atom. The third-order valence-corrected chi connectivity index (χ3v) is 3.89. The van der Waals surface area contributed by atoms with Gasteiger partial charge in [0.25, 0.3) is 5.91 Å². The van der Waals surface area contributed by atoms with E-state index in [1.54, 1.807) is 28.0 Å². The maximum Gasteiger partial charge on any atom is 0.272 e. The van der Waals surface area contributed by atoms with E-state index in [1.807, 2.05) is 18.3 Å². The molecular weight excluding hydrogens is 268 g/mol. The van der Waals surface area contributed by atoms with Gasteiger partial charge in [0.2, 0.25) is 0 Å². The van der Waals surface area contributed by atoms with E-state index in [0.717, 1.165) is 18.5 Å². The molecule has 1 fully saturated rings. The maximum atomic E-state index is 12.5. The maximum absolute atomic E-state index is 12.5. The van der Waals surface area contributed by atoms with Gasteiger partial charge in [0.05, 0.1) is 5.69 Å². The molecule has 0 bridgehead atoms. The van der Waals surface area contributed by atoms with E-state index in [0.29, 0.717) is 24.7 Å². The Balaban J connectivity index is 1.75. The molecule has 0 atom stereocenters. The van der Waals surface area contributed by atoms with Crippen molar-refractivity contribution >= 4 is 5.91 Å². The van der Waals surface area contributed by atoms with Crippen molar-refractivity contribution in [3.05, 3.63) is 42.5 Å². The van der Waals surface area contributed by atoms with E-state index in [9.17, 15) is 4.79 Å². The molecule has 2 aromatic heterocycles. The Morgan fingerprint density at radius 2 is 2.14 bits per heavy atom. The Morgan fingerprint density at radius 3 is 2.81 bits per heavy atom. The molecule has 0 radical (unpaired) electrons. The lowest BCUT2D eigenvalue weighted by Crippen LogP contribution is -2.39. The first kappa shape index (κ1) is 13.8. The molecular formula is C15H18N4O2. The number of amides is 1. The summed E-state index contributed by atoms with van der Waals surface area (Å²) in [7, 11) is 0. The highest BCUT2D eigenvalue weighted by atomic mass is 16.3. The number of hydrogen-bond donors (Lipinski definition) is 1. The van der Waals surface area contributed by atoms with E-state index in [1.165, 1.54) is 0 Å². The van der Waals surface area contributed by atoms with Crippen molar-refractivity contribution in [3.8, 4) is 5.69 Å². The highest BCUT2D eigenvalue weighted by Crippen LogP contribution is 2.18. The highest BCUT2D eigenvalue weighted by molar-refractivity contribution is 5.92. The fourth-order valence-corrected chi connectivity index (χ4v) is 2.58. The number of aromatic nitrogens is 3. The molecule has 0 aromatic carbocycles. The molecule has 3 rings (SSSR count). The second-order valence-electron chi connectivity index (χ2n) is 5.27. The molecule has 3 heterocycles. The van der Waals surface area contributed by atoms with E-state index in [-0.39, 0.29) is 12.5 Å². The molecule has 6 heteroatoms. The smallest absolute Gasteiger partial charge is 0.272 e. The molecule has 1 aliphatic heterocycles. The van der Waals surface area contributed by atoms with Crippen LogP contribution in [0.3, 0.4) is 0 Å². The van der Waals surface area contributed by atoms with Crippen molar-refractivity contribution < 1.29 is 9.90 Å². The number of piperidine rings is 1. The van der Waals surface area contributed by atoms with Gasteiger partial charge < -0.3 is 10.0 Å². The topological polar surface area (TPSA) is 71.2 Å². The number of likely N-dealkylation sites (tertiary alicyclic amines) is 1. The summed E-state index contributed by atoms with van der Waals surface area (Å²) in [5.74, 6) is 0.262. The quantitative estimate of drug-likeness (QED) is 0.917. The number of aliphatic hydroxyl groups is 1. The van der Waals surface area contributed by atoms with Gasteiger partial charge in [-0.15, -0.1) is 0 Å². The van der Waals surface area contributed by atoms with Crippen LogP contribution in [-0.4, -0.2) is 50.4 Å². The zero-order chi connectivity index (χ0) is 14.7. The average Bonchev–Trinajstić information content (AvgIpc) is 3.09. The van der Waals surface area contributed by atoms with E-state index in [4.69, 9.17) is 5.11 Å². The van der Waals surface area contributed by atoms with Gasteiger partial charge in [0, 0.05) is 38.3 Å². The molecule has 2 aromatic rings. The van der Waals surface area contributed by atoms with Crippen LogP contribution in [0.5, 0.6) is 0 Å². The third-order valence-electron chi connectivity index (χ3n) is 3.89. The summed E-state index contributed by atoms with van der Waals surface area (Å²) in [5.41, 5.74) is 1.26. The highest BCUT2D eigenvalue weighted by Gasteiger charge is 2.24. The number of rotatable bonds is 3. The zero-order valence-corrected chi connectivity index (χ0v) is 11.7. The molecule has 1 saturated heterocycles. The molecule has 6 nitrogen and oxygen atoms in total. The van der Waals surface area contributed by atoms with Gasteiger partial charge in [-0.3, -0.25) is 9.78 Å². The number of carbonyl (C=O) groups is 1. The summed E-state index contributed by atoms with van der Waals surface area (Å²) in [6, 6.07) is 5.41. The minimum Gasteiger partial charge on any atom is -0.396 e. The monoisotopic (exact) mass is 286 g/mol. The summed E-state index contributed by atoms with van der Waals surface area (Å²) < 4.78 is 1.70. The van der Waals surface area contributed by atoms with Crippen molar-refractivity contribution in [2.24, 2.45) is 5.92 Å². The zero-order valence-electron chi connectivity index (χ0n) is 11.7. The van der Waals surface area contributed by atoms with Gasteiger partial charge in [0.15, 0.2) is 0 Å². The Bertz CT molecular complexity index is 604. The molecule has 110 valence electrons. The van der Waals surface area contributed by atoms with Gasteiger partial charge in [-0.05, 0) is 37.0 Å². The number of aliphatic hydroxyl groups excluding tert-OH is 1. The van der Waals surface area contributed by atoms with Gasteiger partial charge in [0.1, 0.15) is 5.69 Å². The number of hydrogen-bond acceptors (Lipinski definition) is 4. The second-order valence-corrected chi connectivity index (χ2v) is 5.27. The normalized spacial score (nSPS) is 16.1. The third kappa shape index (κ3) is 2.95. The lowest BCUT2D eigenvalue weighted by Gasteiger charge is -2.30. The molecule has 0 spiro atoms. The van der Waals surface area contributed by atoms with Crippen molar-refractivity contribution in [1.29, 1.82) is 0 Å². The molecule has 0 aliphatic carbocycles. The predicted molar refractivity (Wildman–Crippen MR) is 77.1 cm³/mol. The predicted octanol–water partition coefficient (Wildman–Crippen LogP) is 1.11. The van der Waals surface area contributed by atoms with Crippen LogP contribution in [-0.2, 0) is 0 Å². The van der Waals surface area contributed by atoms with Crippen LogP contribution in [0, 0.1) is 5.92 Å². The largest absolute Gasteiger partial charge is 0.396 e. The minimum absolute atomic E-state index is 0.0552. The molecule has 0 saturated carbocycles. The van der Waals surface area contributed by atoms with Crippen molar-refractivity contribution in [2.45, 2.75) is 12.8 Å². The summed E-state index contributed by atoms with van der Waals surface area (Å²) in [6.45, 7) is 1.56. The first-order valence-electron chi connectivity index (χ1n) is 7.14. The first-order valence-corrected chi connectivity index (χ1v) is 7.14. The molecule has 1 aliphatic rings. The summed E-state index contributed by atoms with van der Waals surface area (Å²) in [4.78, 5) is 18.5. The second kappa shape index (κ2) is 6.05. The first-order chi connectivity index (χ1) is 10.3. The van der Waals surface area contributed by atoms with Crippen LogP contribution < -0.4 is 0 Å². The number of nitrogens with zero attached hydrogens (tertiary/aromatic N) is 4. The average molecular weight is 286 g/mol. The minimum atomic E-state index is -0.0552. The molecule has 1 amide bonds. The fraction of sp³-hybridized carbons (Fsp3) is 0.400. The Hall–Kier alpha value is -2.21. The Kier molecular flexibility index (Phi) is 3.96. The number of pyridine rings is 1. The number of carbonyl (C=O) groups excluding carboxylic acids is 1.